The third kappa shape index (κ3) is 5.99. The first-order valence-corrected chi connectivity index (χ1v) is 11.9. The summed E-state index contributed by atoms with van der Waals surface area (Å²) in [6, 6.07) is 13.3. The van der Waals surface area contributed by atoms with E-state index in [-0.39, 0.29) is 24.5 Å². The van der Waals surface area contributed by atoms with Crippen LogP contribution in [0.3, 0.4) is 0 Å². The fourth-order valence-corrected chi connectivity index (χ4v) is 5.03. The second-order valence-electron chi connectivity index (χ2n) is 7.33. The highest BCUT2D eigenvalue weighted by atomic mass is 35.5. The Morgan fingerprint density at radius 2 is 1.75 bits per heavy atom. The van der Waals surface area contributed by atoms with Gasteiger partial charge in [0.15, 0.2) is 6.61 Å². The Hall–Kier alpha value is -2.62. The molecule has 0 spiro atoms. The van der Waals surface area contributed by atoms with Crippen LogP contribution < -0.4 is 10.1 Å². The van der Waals surface area contributed by atoms with Crippen molar-refractivity contribution < 1.29 is 27.5 Å². The number of nitrogens with one attached hydrogen (secondary N) is 1. The van der Waals surface area contributed by atoms with E-state index in [0.717, 1.165) is 5.56 Å². The number of benzene rings is 2. The summed E-state index contributed by atoms with van der Waals surface area (Å²) in [6.07, 6.45) is 0.656. The van der Waals surface area contributed by atoms with Crippen molar-refractivity contribution in [1.29, 1.82) is 0 Å². The maximum Gasteiger partial charge on any atom is 0.309 e. The first kappa shape index (κ1) is 24.0. The summed E-state index contributed by atoms with van der Waals surface area (Å²) < 4.78 is 37.2. The van der Waals surface area contributed by atoms with Gasteiger partial charge in [-0.25, -0.2) is 8.42 Å². The second-order valence-corrected chi connectivity index (χ2v) is 9.70. The van der Waals surface area contributed by atoms with Gasteiger partial charge in [-0.1, -0.05) is 29.8 Å². The van der Waals surface area contributed by atoms with Crippen LogP contribution in [0.15, 0.2) is 53.4 Å². The minimum atomic E-state index is -3.64. The zero-order chi connectivity index (χ0) is 23.1. The summed E-state index contributed by atoms with van der Waals surface area (Å²) in [5.74, 6) is -0.716. The van der Waals surface area contributed by atoms with Crippen LogP contribution >= 0.6 is 11.6 Å². The molecule has 8 nitrogen and oxygen atoms in total. The lowest BCUT2D eigenvalue weighted by Crippen LogP contribution is -2.41. The van der Waals surface area contributed by atoms with Crippen molar-refractivity contribution in [2.75, 3.05) is 26.8 Å². The molecule has 1 heterocycles. The molecule has 0 aromatic heterocycles. The molecule has 0 bridgehead atoms. The predicted molar refractivity (Wildman–Crippen MR) is 119 cm³/mol. The van der Waals surface area contributed by atoms with Gasteiger partial charge < -0.3 is 14.8 Å². The normalized spacial score (nSPS) is 15.2. The summed E-state index contributed by atoms with van der Waals surface area (Å²) in [5.41, 5.74) is 0.809. The molecule has 172 valence electrons. The highest BCUT2D eigenvalue weighted by molar-refractivity contribution is 7.89. The van der Waals surface area contributed by atoms with Gasteiger partial charge in [0, 0.05) is 30.2 Å². The highest BCUT2D eigenvalue weighted by Gasteiger charge is 2.33. The molecule has 3 rings (SSSR count). The monoisotopic (exact) mass is 480 g/mol. The fourth-order valence-electron chi connectivity index (χ4n) is 3.44. The number of nitrogens with zero attached hydrogens (tertiary/aromatic N) is 1. The number of methoxy groups -OCH3 is 1. The number of hydrogen-bond donors (Lipinski definition) is 1. The molecule has 0 saturated carbocycles. The quantitative estimate of drug-likeness (QED) is 0.583. The van der Waals surface area contributed by atoms with E-state index in [4.69, 9.17) is 21.1 Å². The van der Waals surface area contributed by atoms with Crippen molar-refractivity contribution in [2.45, 2.75) is 24.3 Å². The Bertz CT molecular complexity index is 1050. The number of carbonyl (C=O) groups is 2. The highest BCUT2D eigenvalue weighted by Crippen LogP contribution is 2.25. The lowest BCUT2D eigenvalue weighted by Gasteiger charge is -2.30. The molecule has 2 aromatic carbocycles. The van der Waals surface area contributed by atoms with E-state index < -0.39 is 34.4 Å². The molecule has 1 amide bonds. The topological polar surface area (TPSA) is 102 Å². The average molecular weight is 481 g/mol. The van der Waals surface area contributed by atoms with Crippen molar-refractivity contribution in [2.24, 2.45) is 5.92 Å². The number of amides is 1. The number of esters is 1. The molecular formula is C22H25ClN2O6S. The summed E-state index contributed by atoms with van der Waals surface area (Å²) in [6.45, 7) is 0.258. The lowest BCUT2D eigenvalue weighted by molar-refractivity contribution is -0.153. The van der Waals surface area contributed by atoms with Crippen molar-refractivity contribution in [1.82, 2.24) is 9.62 Å². The van der Waals surface area contributed by atoms with E-state index in [1.165, 1.54) is 28.6 Å². The van der Waals surface area contributed by atoms with E-state index in [1.807, 2.05) is 18.2 Å². The van der Waals surface area contributed by atoms with Gasteiger partial charge in [0.05, 0.1) is 17.9 Å². The van der Waals surface area contributed by atoms with E-state index >= 15 is 0 Å². The first-order chi connectivity index (χ1) is 15.3. The molecule has 2 aromatic rings. The molecule has 1 fully saturated rings. The number of para-hydroxylation sites is 1. The Kier molecular flexibility index (Phi) is 8.11. The number of rotatable bonds is 8. The van der Waals surface area contributed by atoms with Gasteiger partial charge >= 0.3 is 5.97 Å². The molecule has 32 heavy (non-hydrogen) atoms. The number of carbonyl (C=O) groups excluding carboxylic acids is 2. The Balaban J connectivity index is 1.44. The number of hydrogen-bond acceptors (Lipinski definition) is 6. The SMILES string of the molecule is COc1ccccc1CNC(=O)COC(=O)C1CCN(S(=O)(=O)c2ccc(Cl)cc2)CC1. The number of ether oxygens (including phenoxy) is 2. The molecule has 0 unspecified atom stereocenters. The van der Waals surface area contributed by atoms with Crippen LogP contribution in [0.4, 0.5) is 0 Å². The maximum atomic E-state index is 12.7. The average Bonchev–Trinajstić information content (AvgIpc) is 2.81. The van der Waals surface area contributed by atoms with Crippen molar-refractivity contribution >= 4 is 33.5 Å². The molecule has 0 aliphatic carbocycles. The first-order valence-electron chi connectivity index (χ1n) is 10.1. The van der Waals surface area contributed by atoms with Gasteiger partial charge in [-0.05, 0) is 43.2 Å². The minimum Gasteiger partial charge on any atom is -0.496 e. The van der Waals surface area contributed by atoms with E-state index in [9.17, 15) is 18.0 Å². The standard InChI is InChI=1S/C22H25ClN2O6S/c1-30-20-5-3-2-4-17(20)14-24-21(26)15-31-22(27)16-10-12-25(13-11-16)32(28,29)19-8-6-18(23)7-9-19/h2-9,16H,10-15H2,1H3,(H,24,26). The molecule has 1 aliphatic heterocycles. The van der Waals surface area contributed by atoms with Crippen LogP contribution in [-0.2, 0) is 30.9 Å². The van der Waals surface area contributed by atoms with E-state index in [2.05, 4.69) is 5.32 Å². The van der Waals surface area contributed by atoms with Gasteiger partial charge in [-0.15, -0.1) is 0 Å². The maximum absolute atomic E-state index is 12.7. The van der Waals surface area contributed by atoms with Gasteiger partial charge in [0.2, 0.25) is 10.0 Å². The predicted octanol–water partition coefficient (Wildman–Crippen LogP) is 2.61. The molecule has 10 heteroatoms. The van der Waals surface area contributed by atoms with Crippen molar-refractivity contribution in [3.8, 4) is 5.75 Å². The fraction of sp³-hybridized carbons (Fsp3) is 0.364. The Morgan fingerprint density at radius 3 is 2.41 bits per heavy atom. The molecule has 1 saturated heterocycles. The number of sulfonamides is 1. The lowest BCUT2D eigenvalue weighted by atomic mass is 9.98. The third-order valence-corrected chi connectivity index (χ3v) is 7.42. The van der Waals surface area contributed by atoms with Crippen LogP contribution in [0.25, 0.3) is 0 Å². The number of halogens is 1. The molecular weight excluding hydrogens is 456 g/mol. The van der Waals surface area contributed by atoms with Crippen LogP contribution in [0, 0.1) is 5.92 Å². The third-order valence-electron chi connectivity index (χ3n) is 5.25. The van der Waals surface area contributed by atoms with E-state index in [0.29, 0.717) is 23.6 Å². The zero-order valence-corrected chi connectivity index (χ0v) is 19.2. The van der Waals surface area contributed by atoms with Gasteiger partial charge in [-0.3, -0.25) is 9.59 Å². The van der Waals surface area contributed by atoms with Gasteiger partial charge in [0.25, 0.3) is 5.91 Å². The van der Waals surface area contributed by atoms with Crippen molar-refractivity contribution in [3.63, 3.8) is 0 Å². The Labute approximate surface area is 192 Å². The van der Waals surface area contributed by atoms with Crippen LogP contribution in [-0.4, -0.2) is 51.4 Å². The summed E-state index contributed by atoms with van der Waals surface area (Å²) in [4.78, 5) is 24.5. The minimum absolute atomic E-state index is 0.162. The van der Waals surface area contributed by atoms with Crippen LogP contribution in [0.5, 0.6) is 5.75 Å². The largest absolute Gasteiger partial charge is 0.496 e. The summed E-state index contributed by atoms with van der Waals surface area (Å²) >= 11 is 5.82. The molecule has 1 aliphatic rings. The summed E-state index contributed by atoms with van der Waals surface area (Å²) in [7, 11) is -2.09. The molecule has 1 N–H and O–H groups in total. The van der Waals surface area contributed by atoms with Crippen LogP contribution in [0.1, 0.15) is 18.4 Å². The Morgan fingerprint density at radius 1 is 1.09 bits per heavy atom. The molecule has 0 atom stereocenters. The molecule has 0 radical (unpaired) electrons. The number of piperidine rings is 1. The van der Waals surface area contributed by atoms with Crippen molar-refractivity contribution in [3.05, 3.63) is 59.1 Å². The van der Waals surface area contributed by atoms with Gasteiger partial charge in [-0.2, -0.15) is 4.31 Å². The zero-order valence-electron chi connectivity index (χ0n) is 17.6. The van der Waals surface area contributed by atoms with Crippen LogP contribution in [0.2, 0.25) is 5.02 Å². The van der Waals surface area contributed by atoms with Gasteiger partial charge in [0.1, 0.15) is 5.75 Å². The van der Waals surface area contributed by atoms with E-state index in [1.54, 1.807) is 13.2 Å². The smallest absolute Gasteiger partial charge is 0.309 e. The summed E-state index contributed by atoms with van der Waals surface area (Å²) in [5, 5.41) is 3.14. The second kappa shape index (κ2) is 10.8.